The maximum atomic E-state index is 10.9. The number of hydrogen-bond donors (Lipinski definition) is 3. The molecule has 1 aliphatic rings. The van der Waals surface area contributed by atoms with Crippen LogP contribution in [0.3, 0.4) is 0 Å². The quantitative estimate of drug-likeness (QED) is 0.552. The third kappa shape index (κ3) is 2.77. The van der Waals surface area contributed by atoms with Crippen molar-refractivity contribution in [3.63, 3.8) is 0 Å². The van der Waals surface area contributed by atoms with E-state index >= 15 is 0 Å². The number of nitrogens with zero attached hydrogens (tertiary/aromatic N) is 3. The summed E-state index contributed by atoms with van der Waals surface area (Å²) in [4.78, 5) is 10.9. The summed E-state index contributed by atoms with van der Waals surface area (Å²) in [5, 5.41) is 22.5. The zero-order valence-corrected chi connectivity index (χ0v) is 8.89. The van der Waals surface area contributed by atoms with Crippen LogP contribution in [0.1, 0.15) is 12.1 Å². The number of aliphatic hydroxyl groups is 1. The predicted octanol–water partition coefficient (Wildman–Crippen LogP) is -1.75. The summed E-state index contributed by atoms with van der Waals surface area (Å²) in [6.45, 7) is 1.77. The van der Waals surface area contributed by atoms with Gasteiger partial charge in [0.05, 0.1) is 18.8 Å². The molecule has 2 rings (SSSR count). The molecule has 3 N–H and O–H groups in total. The molecule has 88 valence electrons. The normalized spacial score (nSPS) is 20.1. The lowest BCUT2D eigenvalue weighted by molar-refractivity contribution is -0.119. The first kappa shape index (κ1) is 11.0. The number of hydrogen-bond acceptors (Lipinski definition) is 5. The second-order valence-electron chi connectivity index (χ2n) is 3.78. The highest BCUT2D eigenvalue weighted by Gasteiger charge is 2.20. The number of amides is 1. The topological polar surface area (TPSA) is 92.1 Å². The van der Waals surface area contributed by atoms with Crippen molar-refractivity contribution in [1.29, 1.82) is 0 Å². The number of carbonyl (C=O) groups is 1. The highest BCUT2D eigenvalue weighted by molar-refractivity contribution is 5.78. The molecule has 0 saturated carbocycles. The second kappa shape index (κ2) is 5.04. The Kier molecular flexibility index (Phi) is 3.47. The monoisotopic (exact) mass is 225 g/mol. The average molecular weight is 225 g/mol. The Balaban J connectivity index is 1.78. The van der Waals surface area contributed by atoms with E-state index in [0.717, 1.165) is 5.69 Å². The van der Waals surface area contributed by atoms with Crippen LogP contribution in [0.5, 0.6) is 0 Å². The lowest BCUT2D eigenvalue weighted by atomic mass is 10.2. The Hall–Kier alpha value is -1.47. The highest BCUT2D eigenvalue weighted by atomic mass is 16.3. The third-order valence-electron chi connectivity index (χ3n) is 2.46. The molecule has 7 nitrogen and oxygen atoms in total. The van der Waals surface area contributed by atoms with E-state index in [2.05, 4.69) is 20.9 Å². The van der Waals surface area contributed by atoms with E-state index in [0.29, 0.717) is 26.1 Å². The van der Waals surface area contributed by atoms with Gasteiger partial charge >= 0.3 is 0 Å². The maximum absolute atomic E-state index is 10.9. The number of aliphatic hydroxyl groups excluding tert-OH is 1. The van der Waals surface area contributed by atoms with Crippen LogP contribution in [0.4, 0.5) is 0 Å². The zero-order valence-electron chi connectivity index (χ0n) is 8.89. The lowest BCUT2D eigenvalue weighted by Gasteiger charge is -2.07. The summed E-state index contributed by atoms with van der Waals surface area (Å²) < 4.78 is 1.59. The van der Waals surface area contributed by atoms with Gasteiger partial charge in [-0.05, 0) is 0 Å². The molecule has 0 spiro atoms. The summed E-state index contributed by atoms with van der Waals surface area (Å²) in [7, 11) is 0. The number of nitrogens with one attached hydrogen (secondary N) is 2. The van der Waals surface area contributed by atoms with Crippen LogP contribution in [0.25, 0.3) is 0 Å². The van der Waals surface area contributed by atoms with E-state index in [4.69, 9.17) is 5.11 Å². The molecule has 16 heavy (non-hydrogen) atoms. The minimum Gasteiger partial charge on any atom is -0.394 e. The molecule has 1 aromatic rings. The van der Waals surface area contributed by atoms with E-state index in [1.54, 1.807) is 10.9 Å². The van der Waals surface area contributed by atoms with Gasteiger partial charge in [-0.15, -0.1) is 5.10 Å². The van der Waals surface area contributed by atoms with Gasteiger partial charge in [0.15, 0.2) is 0 Å². The van der Waals surface area contributed by atoms with Gasteiger partial charge in [-0.3, -0.25) is 4.79 Å². The summed E-state index contributed by atoms with van der Waals surface area (Å²) >= 11 is 0. The van der Waals surface area contributed by atoms with Crippen LogP contribution in [-0.2, 0) is 17.9 Å². The molecular formula is C9H15N5O2. The Morgan fingerprint density at radius 3 is 3.25 bits per heavy atom. The smallest absolute Gasteiger partial charge is 0.221 e. The van der Waals surface area contributed by atoms with Gasteiger partial charge in [-0.2, -0.15) is 0 Å². The van der Waals surface area contributed by atoms with Crippen molar-refractivity contribution in [2.45, 2.75) is 25.6 Å². The average Bonchev–Trinajstić information content (AvgIpc) is 2.85. The molecule has 1 amide bonds. The van der Waals surface area contributed by atoms with Crippen LogP contribution >= 0.6 is 0 Å². The molecule has 1 aliphatic heterocycles. The molecule has 1 saturated heterocycles. The molecule has 0 radical (unpaired) electrons. The fourth-order valence-electron chi connectivity index (χ4n) is 1.63. The highest BCUT2D eigenvalue weighted by Crippen LogP contribution is 2.01. The molecule has 1 unspecified atom stereocenters. The van der Waals surface area contributed by atoms with Crippen molar-refractivity contribution in [3.8, 4) is 0 Å². The minimum atomic E-state index is 0.0529. The molecular weight excluding hydrogens is 210 g/mol. The van der Waals surface area contributed by atoms with Crippen LogP contribution in [0.2, 0.25) is 0 Å². The van der Waals surface area contributed by atoms with Crippen LogP contribution in [0, 0.1) is 0 Å². The molecule has 7 heteroatoms. The number of carbonyl (C=O) groups excluding carboxylic acids is 1. The Labute approximate surface area is 92.8 Å². The van der Waals surface area contributed by atoms with Crippen molar-refractivity contribution >= 4 is 5.91 Å². The summed E-state index contributed by atoms with van der Waals surface area (Å²) in [5.74, 6) is 0.0847. The van der Waals surface area contributed by atoms with E-state index in [1.165, 1.54) is 0 Å². The van der Waals surface area contributed by atoms with E-state index in [-0.39, 0.29) is 18.6 Å². The van der Waals surface area contributed by atoms with Gasteiger partial charge in [0.1, 0.15) is 0 Å². The summed E-state index contributed by atoms with van der Waals surface area (Å²) in [5.41, 5.74) is 0.813. The number of rotatable bonds is 5. The van der Waals surface area contributed by atoms with Crippen molar-refractivity contribution in [2.75, 3.05) is 13.2 Å². The molecule has 2 heterocycles. The molecule has 0 aliphatic carbocycles. The standard InChI is InChI=1S/C9H15N5O2/c15-2-1-14-6-8(12-13-14)5-10-7-3-9(16)11-4-7/h6-7,10,15H,1-5H2,(H,11,16). The van der Waals surface area contributed by atoms with Gasteiger partial charge in [0.25, 0.3) is 0 Å². The number of aromatic nitrogens is 3. The first-order valence-corrected chi connectivity index (χ1v) is 5.28. The van der Waals surface area contributed by atoms with Gasteiger partial charge in [-0.25, -0.2) is 4.68 Å². The largest absolute Gasteiger partial charge is 0.394 e. The maximum Gasteiger partial charge on any atom is 0.221 e. The van der Waals surface area contributed by atoms with E-state index in [1.807, 2.05) is 0 Å². The lowest BCUT2D eigenvalue weighted by Crippen LogP contribution is -2.30. The molecule has 1 atom stereocenters. The Bertz CT molecular complexity index is 365. The van der Waals surface area contributed by atoms with E-state index < -0.39 is 0 Å². The first-order chi connectivity index (χ1) is 7.78. The molecule has 0 bridgehead atoms. The van der Waals surface area contributed by atoms with Crippen molar-refractivity contribution in [3.05, 3.63) is 11.9 Å². The van der Waals surface area contributed by atoms with Crippen molar-refractivity contribution < 1.29 is 9.90 Å². The SMILES string of the molecule is O=C1CC(NCc2cn(CCO)nn2)CN1. The third-order valence-corrected chi connectivity index (χ3v) is 2.46. The Morgan fingerprint density at radius 2 is 2.56 bits per heavy atom. The fraction of sp³-hybridized carbons (Fsp3) is 0.667. The van der Waals surface area contributed by atoms with Gasteiger partial charge in [-0.1, -0.05) is 5.21 Å². The van der Waals surface area contributed by atoms with Crippen molar-refractivity contribution in [2.24, 2.45) is 0 Å². The second-order valence-corrected chi connectivity index (χ2v) is 3.78. The van der Waals surface area contributed by atoms with Gasteiger partial charge < -0.3 is 15.7 Å². The van der Waals surface area contributed by atoms with Crippen LogP contribution in [0.15, 0.2) is 6.20 Å². The fourth-order valence-corrected chi connectivity index (χ4v) is 1.63. The molecule has 0 aromatic carbocycles. The molecule has 1 fully saturated rings. The Morgan fingerprint density at radius 1 is 1.69 bits per heavy atom. The molecule has 1 aromatic heterocycles. The minimum absolute atomic E-state index is 0.0529. The predicted molar refractivity (Wildman–Crippen MR) is 55.4 cm³/mol. The van der Waals surface area contributed by atoms with Crippen molar-refractivity contribution in [1.82, 2.24) is 25.6 Å². The van der Waals surface area contributed by atoms with E-state index in [9.17, 15) is 4.79 Å². The van der Waals surface area contributed by atoms with Gasteiger partial charge in [0, 0.05) is 31.7 Å². The zero-order chi connectivity index (χ0) is 11.4. The summed E-state index contributed by atoms with van der Waals surface area (Å²) in [6, 6.07) is 0.176. The first-order valence-electron chi connectivity index (χ1n) is 5.28. The summed E-state index contributed by atoms with van der Waals surface area (Å²) in [6.07, 6.45) is 2.30. The van der Waals surface area contributed by atoms with Crippen LogP contribution in [-0.4, -0.2) is 45.2 Å². The van der Waals surface area contributed by atoms with Gasteiger partial charge in [0.2, 0.25) is 5.91 Å². The van der Waals surface area contributed by atoms with Crippen LogP contribution < -0.4 is 10.6 Å².